The van der Waals surface area contributed by atoms with Gasteiger partial charge in [0.1, 0.15) is 12.4 Å². The molecule has 2 aliphatic rings. The number of nitrogens with one attached hydrogen (secondary N) is 1. The molecule has 36 heavy (non-hydrogen) atoms. The normalized spacial score (nSPS) is 15.4. The summed E-state index contributed by atoms with van der Waals surface area (Å²) < 4.78 is 26.3. The highest BCUT2D eigenvalue weighted by Crippen LogP contribution is 2.35. The van der Waals surface area contributed by atoms with Crippen molar-refractivity contribution < 1.29 is 38.2 Å². The van der Waals surface area contributed by atoms with Crippen LogP contribution >= 0.6 is 0 Å². The summed E-state index contributed by atoms with van der Waals surface area (Å²) in [5.41, 5.74) is 0.254. The van der Waals surface area contributed by atoms with E-state index in [-0.39, 0.29) is 46.3 Å². The maximum Gasteiger partial charge on any atom is 0.411 e. The number of alkyl carbamates (subject to hydrolysis) is 1. The number of nitro groups is 1. The fraction of sp³-hybridized carbons (Fsp3) is 0.417. The van der Waals surface area contributed by atoms with Gasteiger partial charge < -0.3 is 28.6 Å². The largest absolute Gasteiger partial charge is 0.497 e. The van der Waals surface area contributed by atoms with Gasteiger partial charge in [0.2, 0.25) is 0 Å². The SMILES string of the molecule is COC1=C(OC)CC=C(NC(=O)OCc2cc(OC)c(OC)cc2[N+](=O)[O-])C(C(=O)N2CCCC2)=C1. The van der Waals surface area contributed by atoms with Gasteiger partial charge in [-0.15, -0.1) is 0 Å². The van der Waals surface area contributed by atoms with Crippen molar-refractivity contribution in [1.82, 2.24) is 10.2 Å². The number of allylic oxidation sites excluding steroid dienone is 2. The van der Waals surface area contributed by atoms with E-state index in [9.17, 15) is 19.7 Å². The molecule has 194 valence electrons. The third kappa shape index (κ3) is 5.88. The minimum atomic E-state index is -0.898. The second kappa shape index (κ2) is 12.0. The van der Waals surface area contributed by atoms with Crippen LogP contribution in [0.4, 0.5) is 10.5 Å². The number of rotatable bonds is 9. The molecule has 0 unspecified atom stereocenters. The highest BCUT2D eigenvalue weighted by Gasteiger charge is 2.28. The predicted molar refractivity (Wildman–Crippen MR) is 127 cm³/mol. The number of ether oxygens (including phenoxy) is 5. The van der Waals surface area contributed by atoms with Crippen LogP contribution in [0.15, 0.2) is 47.1 Å². The number of carbonyl (C=O) groups is 2. The summed E-state index contributed by atoms with van der Waals surface area (Å²) in [4.78, 5) is 38.6. The van der Waals surface area contributed by atoms with Crippen LogP contribution < -0.4 is 14.8 Å². The van der Waals surface area contributed by atoms with Crippen LogP contribution in [0.5, 0.6) is 11.5 Å². The van der Waals surface area contributed by atoms with Crippen molar-refractivity contribution in [2.75, 3.05) is 41.5 Å². The molecule has 0 bridgehead atoms. The van der Waals surface area contributed by atoms with E-state index in [0.29, 0.717) is 24.6 Å². The van der Waals surface area contributed by atoms with E-state index >= 15 is 0 Å². The number of nitrogens with zero attached hydrogens (tertiary/aromatic N) is 2. The Balaban J connectivity index is 1.82. The van der Waals surface area contributed by atoms with Gasteiger partial charge in [-0.1, -0.05) is 6.08 Å². The highest BCUT2D eigenvalue weighted by molar-refractivity contribution is 5.99. The number of hydrogen-bond donors (Lipinski definition) is 1. The number of benzene rings is 1. The maximum absolute atomic E-state index is 13.2. The first-order valence-corrected chi connectivity index (χ1v) is 11.2. The second-order valence-corrected chi connectivity index (χ2v) is 7.87. The molecular weight excluding hydrogens is 474 g/mol. The van der Waals surface area contributed by atoms with Crippen molar-refractivity contribution in [3.8, 4) is 11.5 Å². The first-order valence-electron chi connectivity index (χ1n) is 11.2. The summed E-state index contributed by atoms with van der Waals surface area (Å²) in [6.07, 6.45) is 4.30. The Hall–Kier alpha value is -4.22. The van der Waals surface area contributed by atoms with Crippen LogP contribution in [0.1, 0.15) is 24.8 Å². The monoisotopic (exact) mass is 503 g/mol. The van der Waals surface area contributed by atoms with Gasteiger partial charge in [-0.2, -0.15) is 0 Å². The fourth-order valence-corrected chi connectivity index (χ4v) is 3.92. The first kappa shape index (κ1) is 26.4. The van der Waals surface area contributed by atoms with Gasteiger partial charge in [-0.05, 0) is 25.0 Å². The molecule has 1 N–H and O–H groups in total. The molecule has 1 aliphatic heterocycles. The Morgan fingerprint density at radius 1 is 1.03 bits per heavy atom. The quantitative estimate of drug-likeness (QED) is 0.398. The molecule has 1 aliphatic carbocycles. The average Bonchev–Trinajstić information content (AvgIpc) is 3.36. The van der Waals surface area contributed by atoms with Gasteiger partial charge >= 0.3 is 6.09 Å². The molecule has 1 aromatic rings. The zero-order valence-corrected chi connectivity index (χ0v) is 20.6. The van der Waals surface area contributed by atoms with Crippen molar-refractivity contribution in [3.63, 3.8) is 0 Å². The first-order chi connectivity index (χ1) is 17.3. The lowest BCUT2D eigenvalue weighted by Crippen LogP contribution is -2.34. The Labute approximate surface area is 208 Å². The van der Waals surface area contributed by atoms with Gasteiger partial charge in [0.05, 0.1) is 56.3 Å². The maximum atomic E-state index is 13.2. The average molecular weight is 504 g/mol. The number of likely N-dealkylation sites (tertiary alicyclic amines) is 1. The van der Waals surface area contributed by atoms with Gasteiger partial charge in [-0.3, -0.25) is 20.2 Å². The zero-order chi connectivity index (χ0) is 26.2. The van der Waals surface area contributed by atoms with E-state index in [1.807, 2.05) is 0 Å². The van der Waals surface area contributed by atoms with Crippen LogP contribution in [-0.4, -0.2) is 63.4 Å². The molecule has 12 heteroatoms. The fourth-order valence-electron chi connectivity index (χ4n) is 3.92. The van der Waals surface area contributed by atoms with Gasteiger partial charge in [0, 0.05) is 19.5 Å². The summed E-state index contributed by atoms with van der Waals surface area (Å²) in [5.74, 6) is 1.01. The van der Waals surface area contributed by atoms with E-state index < -0.39 is 17.6 Å². The van der Waals surface area contributed by atoms with Crippen LogP contribution in [0.25, 0.3) is 0 Å². The summed E-state index contributed by atoms with van der Waals surface area (Å²) in [7, 11) is 5.70. The third-order valence-corrected chi connectivity index (χ3v) is 5.80. The molecule has 1 saturated heterocycles. The summed E-state index contributed by atoms with van der Waals surface area (Å²) in [6, 6.07) is 2.57. The minimum absolute atomic E-state index is 0.108. The van der Waals surface area contributed by atoms with Crippen molar-refractivity contribution in [2.24, 2.45) is 0 Å². The molecular formula is C24H29N3O9. The standard InChI is InChI=1S/C24H29N3O9/c1-32-19-8-7-17(16(12-21(19)34-3)23(28)26-9-5-6-10-26)25-24(29)36-14-15-11-20(33-2)22(35-4)13-18(15)27(30)31/h7,11-13H,5-6,8-10,14H2,1-4H3,(H,25,29). The van der Waals surface area contributed by atoms with Crippen LogP contribution in [0, 0.1) is 10.1 Å². The van der Waals surface area contributed by atoms with Crippen molar-refractivity contribution in [2.45, 2.75) is 25.9 Å². The smallest absolute Gasteiger partial charge is 0.411 e. The molecule has 0 spiro atoms. The van der Waals surface area contributed by atoms with Crippen molar-refractivity contribution in [1.29, 1.82) is 0 Å². The molecule has 0 atom stereocenters. The van der Waals surface area contributed by atoms with Crippen LogP contribution in [0.3, 0.4) is 0 Å². The Kier molecular flexibility index (Phi) is 8.76. The van der Waals surface area contributed by atoms with Gasteiger partial charge in [0.25, 0.3) is 11.6 Å². The van der Waals surface area contributed by atoms with E-state index in [1.54, 1.807) is 11.0 Å². The molecule has 0 radical (unpaired) electrons. The number of methoxy groups -OCH3 is 4. The van der Waals surface area contributed by atoms with E-state index in [4.69, 9.17) is 23.7 Å². The Morgan fingerprint density at radius 3 is 2.28 bits per heavy atom. The summed E-state index contributed by atoms with van der Waals surface area (Å²) >= 11 is 0. The second-order valence-electron chi connectivity index (χ2n) is 7.87. The van der Waals surface area contributed by atoms with E-state index in [1.165, 1.54) is 46.6 Å². The number of carbonyl (C=O) groups excluding carboxylic acids is 2. The lowest BCUT2D eigenvalue weighted by molar-refractivity contribution is -0.385. The highest BCUT2D eigenvalue weighted by atomic mass is 16.6. The van der Waals surface area contributed by atoms with Crippen LogP contribution in [0.2, 0.25) is 0 Å². The molecule has 0 aromatic heterocycles. The lowest BCUT2D eigenvalue weighted by atomic mass is 10.1. The number of amides is 2. The van der Waals surface area contributed by atoms with E-state index in [0.717, 1.165) is 12.8 Å². The molecule has 0 saturated carbocycles. The molecule has 3 rings (SSSR count). The zero-order valence-electron chi connectivity index (χ0n) is 20.6. The molecule has 1 aromatic carbocycles. The van der Waals surface area contributed by atoms with Crippen molar-refractivity contribution in [3.05, 3.63) is 62.8 Å². The van der Waals surface area contributed by atoms with E-state index in [2.05, 4.69) is 5.32 Å². The lowest BCUT2D eigenvalue weighted by Gasteiger charge is -2.19. The molecule has 1 heterocycles. The molecule has 1 fully saturated rings. The molecule has 2 amide bonds. The van der Waals surface area contributed by atoms with Gasteiger partial charge in [0.15, 0.2) is 17.3 Å². The van der Waals surface area contributed by atoms with Gasteiger partial charge in [-0.25, -0.2) is 4.79 Å². The third-order valence-electron chi connectivity index (χ3n) is 5.80. The predicted octanol–water partition coefficient (Wildman–Crippen LogP) is 3.18. The summed E-state index contributed by atoms with van der Waals surface area (Å²) in [5, 5.41) is 14.1. The Morgan fingerprint density at radius 2 is 1.69 bits per heavy atom. The topological polar surface area (TPSA) is 139 Å². The number of hydrogen-bond acceptors (Lipinski definition) is 9. The Bertz CT molecular complexity index is 1120. The van der Waals surface area contributed by atoms with Crippen LogP contribution in [-0.2, 0) is 25.6 Å². The van der Waals surface area contributed by atoms with Crippen molar-refractivity contribution >= 4 is 17.7 Å². The molecule has 12 nitrogen and oxygen atoms in total. The number of nitro benzene ring substituents is 1. The summed E-state index contributed by atoms with van der Waals surface area (Å²) in [6.45, 7) is 0.805. The minimum Gasteiger partial charge on any atom is -0.497 e.